The minimum Gasteiger partial charge on any atom is -0.384 e. The number of hydrogen-bond acceptors (Lipinski definition) is 5. The summed E-state index contributed by atoms with van der Waals surface area (Å²) >= 11 is 0. The number of H-pyrrole nitrogens is 1. The zero-order valence-corrected chi connectivity index (χ0v) is 19.8. The van der Waals surface area contributed by atoms with Crippen LogP contribution in [0.25, 0.3) is 10.9 Å². The number of hydrogen-bond donors (Lipinski definition) is 3. The molecule has 176 valence electrons. The first-order valence-electron chi connectivity index (χ1n) is 12.4. The van der Waals surface area contributed by atoms with Crippen LogP contribution < -0.4 is 0 Å². The minimum absolute atomic E-state index is 0.0928. The van der Waals surface area contributed by atoms with Gasteiger partial charge in [-0.25, -0.2) is 0 Å². The van der Waals surface area contributed by atoms with Crippen molar-refractivity contribution in [3.8, 4) is 0 Å². The highest BCUT2D eigenvalue weighted by Gasteiger charge is 2.82. The van der Waals surface area contributed by atoms with Gasteiger partial charge >= 0.3 is 0 Å². The van der Waals surface area contributed by atoms with Gasteiger partial charge in [0.25, 0.3) is 0 Å². The van der Waals surface area contributed by atoms with Crippen LogP contribution in [0.5, 0.6) is 0 Å². The van der Waals surface area contributed by atoms with E-state index in [-0.39, 0.29) is 11.2 Å². The van der Waals surface area contributed by atoms with Gasteiger partial charge in [0.05, 0.1) is 17.1 Å². The maximum Gasteiger partial charge on any atom is 0.223 e. The first-order valence-corrected chi connectivity index (χ1v) is 12.4. The SMILES string of the molecule is CC1(C)OC2C3C(=O)CCC4(C)C3(CCC3Cc5c([nH]c6ccccc56)C34C)OC2(O)C1O. The lowest BCUT2D eigenvalue weighted by Crippen LogP contribution is -2.69. The molecule has 6 heteroatoms. The molecule has 2 saturated heterocycles. The lowest BCUT2D eigenvalue weighted by molar-refractivity contribution is -0.310. The van der Waals surface area contributed by atoms with Crippen molar-refractivity contribution in [3.63, 3.8) is 0 Å². The van der Waals surface area contributed by atoms with E-state index in [0.717, 1.165) is 18.4 Å². The van der Waals surface area contributed by atoms with Crippen molar-refractivity contribution in [2.75, 3.05) is 0 Å². The number of nitrogens with one attached hydrogen (secondary N) is 1. The third-order valence-electron chi connectivity index (χ3n) is 10.8. The van der Waals surface area contributed by atoms with E-state index in [1.54, 1.807) is 13.8 Å². The number of ether oxygens (including phenoxy) is 2. The molecule has 1 spiro atoms. The number of ketones is 1. The van der Waals surface area contributed by atoms with Gasteiger partial charge in [-0.1, -0.05) is 32.0 Å². The Bertz CT molecular complexity index is 1220. The Hall–Kier alpha value is -1.73. The molecule has 2 saturated carbocycles. The Balaban J connectivity index is 1.44. The van der Waals surface area contributed by atoms with Crippen molar-refractivity contribution in [2.45, 2.75) is 94.4 Å². The van der Waals surface area contributed by atoms with Gasteiger partial charge in [-0.05, 0) is 57.1 Å². The van der Waals surface area contributed by atoms with E-state index in [1.165, 1.54) is 16.6 Å². The Morgan fingerprint density at radius 2 is 1.88 bits per heavy atom. The third kappa shape index (κ3) is 1.99. The first-order chi connectivity index (χ1) is 15.5. The fourth-order valence-electron chi connectivity index (χ4n) is 8.97. The van der Waals surface area contributed by atoms with Gasteiger partial charge in [0, 0.05) is 33.8 Å². The maximum absolute atomic E-state index is 13.5. The molecule has 6 nitrogen and oxygen atoms in total. The quantitative estimate of drug-likeness (QED) is 0.571. The number of para-hydroxylation sites is 1. The van der Waals surface area contributed by atoms with Gasteiger partial charge < -0.3 is 24.7 Å². The normalized spacial score (nSPS) is 49.5. The molecule has 2 aromatic rings. The van der Waals surface area contributed by atoms with Gasteiger partial charge in [-0.15, -0.1) is 0 Å². The van der Waals surface area contributed by atoms with Crippen LogP contribution in [-0.2, 0) is 26.1 Å². The van der Waals surface area contributed by atoms with Crippen LogP contribution in [0, 0.1) is 17.3 Å². The summed E-state index contributed by atoms with van der Waals surface area (Å²) in [5, 5.41) is 24.1. The monoisotopic (exact) mass is 451 g/mol. The number of carbonyl (C=O) groups is 1. The second-order valence-corrected chi connectivity index (χ2v) is 12.2. The number of aromatic amines is 1. The third-order valence-corrected chi connectivity index (χ3v) is 10.8. The lowest BCUT2D eigenvalue weighted by Gasteiger charge is -2.64. The predicted octanol–water partition coefficient (Wildman–Crippen LogP) is 3.37. The molecule has 0 radical (unpaired) electrons. The zero-order valence-electron chi connectivity index (χ0n) is 19.8. The summed E-state index contributed by atoms with van der Waals surface area (Å²) in [5.74, 6) is -1.92. The van der Waals surface area contributed by atoms with E-state index in [4.69, 9.17) is 9.47 Å². The van der Waals surface area contributed by atoms with Gasteiger partial charge in [0.2, 0.25) is 5.79 Å². The van der Waals surface area contributed by atoms with Gasteiger partial charge in [-0.3, -0.25) is 4.79 Å². The van der Waals surface area contributed by atoms with Crippen molar-refractivity contribution in [3.05, 3.63) is 35.5 Å². The van der Waals surface area contributed by atoms with Crippen molar-refractivity contribution < 1.29 is 24.5 Å². The maximum atomic E-state index is 13.5. The Morgan fingerprint density at radius 1 is 1.12 bits per heavy atom. The van der Waals surface area contributed by atoms with Gasteiger partial charge in [0.1, 0.15) is 18.0 Å². The molecule has 3 aliphatic carbocycles. The van der Waals surface area contributed by atoms with Crippen LogP contribution in [0.1, 0.15) is 64.6 Å². The Kier molecular flexibility index (Phi) is 3.58. The van der Waals surface area contributed by atoms with Crippen LogP contribution >= 0.6 is 0 Å². The molecule has 8 unspecified atom stereocenters. The fraction of sp³-hybridized carbons (Fsp3) is 0.667. The summed E-state index contributed by atoms with van der Waals surface area (Å²) < 4.78 is 12.9. The summed E-state index contributed by atoms with van der Waals surface area (Å²) in [6.45, 7) is 8.11. The molecule has 2 aliphatic heterocycles. The Labute approximate surface area is 193 Å². The molecule has 4 fully saturated rings. The summed E-state index contributed by atoms with van der Waals surface area (Å²) in [6.07, 6.45) is 1.69. The highest BCUT2D eigenvalue weighted by molar-refractivity contribution is 5.87. The molecular formula is C27H33NO5. The minimum atomic E-state index is -1.87. The van der Waals surface area contributed by atoms with Crippen LogP contribution in [0.3, 0.4) is 0 Å². The van der Waals surface area contributed by atoms with Gasteiger partial charge in [-0.2, -0.15) is 0 Å². The topological polar surface area (TPSA) is 91.8 Å². The van der Waals surface area contributed by atoms with Gasteiger partial charge in [0.15, 0.2) is 0 Å². The number of carbonyl (C=O) groups excluding carboxylic acids is 1. The van der Waals surface area contributed by atoms with Crippen LogP contribution in [0.4, 0.5) is 0 Å². The number of aromatic nitrogens is 1. The number of aliphatic hydroxyl groups excluding tert-OH is 1. The van der Waals surface area contributed by atoms with E-state index < -0.39 is 40.5 Å². The van der Waals surface area contributed by atoms with Crippen molar-refractivity contribution in [2.24, 2.45) is 17.3 Å². The molecule has 0 bridgehead atoms. The van der Waals surface area contributed by atoms with Crippen molar-refractivity contribution in [1.29, 1.82) is 0 Å². The zero-order chi connectivity index (χ0) is 23.2. The Morgan fingerprint density at radius 3 is 2.67 bits per heavy atom. The molecular weight excluding hydrogens is 418 g/mol. The number of fused-ring (bicyclic) bond motifs is 8. The van der Waals surface area contributed by atoms with Crippen molar-refractivity contribution >= 4 is 16.7 Å². The molecule has 33 heavy (non-hydrogen) atoms. The molecule has 0 amide bonds. The van der Waals surface area contributed by atoms with Crippen LogP contribution in [-0.4, -0.2) is 50.2 Å². The smallest absolute Gasteiger partial charge is 0.223 e. The standard InChI is InChI=1S/C27H33NO5/c1-23(2)22(30)27(31)21(32-23)19-18(29)10-11-24(3)25(4)14(9-12-26(19,24)33-27)13-16-15-7-5-6-8-17(15)28-20(16)25/h5-8,14,19,21-22,28,30-31H,9-13H2,1-4H3. The van der Waals surface area contributed by atoms with E-state index in [9.17, 15) is 15.0 Å². The molecule has 8 atom stereocenters. The predicted molar refractivity (Wildman–Crippen MR) is 122 cm³/mol. The second-order valence-electron chi connectivity index (χ2n) is 12.2. The molecule has 7 rings (SSSR count). The summed E-state index contributed by atoms with van der Waals surface area (Å²) in [6, 6.07) is 8.48. The van der Waals surface area contributed by atoms with E-state index in [2.05, 4.69) is 43.1 Å². The van der Waals surface area contributed by atoms with E-state index in [1.807, 2.05) is 0 Å². The largest absolute Gasteiger partial charge is 0.384 e. The number of Topliss-reactive ketones (excluding diaryl/α,β-unsaturated/α-hetero) is 1. The fourth-order valence-corrected chi connectivity index (χ4v) is 8.97. The van der Waals surface area contributed by atoms with Crippen molar-refractivity contribution in [1.82, 2.24) is 4.98 Å². The summed E-state index contributed by atoms with van der Waals surface area (Å²) in [5.41, 5.74) is 1.31. The van der Waals surface area contributed by atoms with Crippen LogP contribution in [0.15, 0.2) is 24.3 Å². The summed E-state index contributed by atoms with van der Waals surface area (Å²) in [4.78, 5) is 17.3. The second kappa shape index (κ2) is 5.73. The van der Waals surface area contributed by atoms with Crippen LogP contribution in [0.2, 0.25) is 0 Å². The highest BCUT2D eigenvalue weighted by atomic mass is 16.7. The highest BCUT2D eigenvalue weighted by Crippen LogP contribution is 2.73. The molecule has 3 heterocycles. The van der Waals surface area contributed by atoms with E-state index >= 15 is 0 Å². The number of aliphatic hydroxyl groups is 2. The number of benzene rings is 1. The van der Waals surface area contributed by atoms with E-state index in [0.29, 0.717) is 25.2 Å². The molecule has 1 aromatic carbocycles. The summed E-state index contributed by atoms with van der Waals surface area (Å²) in [7, 11) is 0. The number of rotatable bonds is 0. The molecule has 1 aromatic heterocycles. The average molecular weight is 452 g/mol. The average Bonchev–Trinajstić information content (AvgIpc) is 3.40. The lowest BCUT2D eigenvalue weighted by atomic mass is 9.42. The first kappa shape index (κ1) is 20.6. The molecule has 3 N–H and O–H groups in total. The molecule has 5 aliphatic rings.